The number of nitrogens with zero attached hydrogens (tertiary/aromatic N) is 2. The molecule has 1 N–H and O–H groups in total. The van der Waals surface area contributed by atoms with Gasteiger partial charge in [0.25, 0.3) is 0 Å². The van der Waals surface area contributed by atoms with Crippen LogP contribution in [-0.2, 0) is 13.6 Å². The molecule has 2 aromatic rings. The van der Waals surface area contributed by atoms with Crippen LogP contribution in [0.4, 0.5) is 4.39 Å². The summed E-state index contributed by atoms with van der Waals surface area (Å²) >= 11 is 0. The van der Waals surface area contributed by atoms with E-state index < -0.39 is 0 Å². The average Bonchev–Trinajstić information content (AvgIpc) is 2.74. The maximum absolute atomic E-state index is 13.3. The fourth-order valence-electron chi connectivity index (χ4n) is 1.80. The highest BCUT2D eigenvalue weighted by molar-refractivity contribution is 5.60. The number of hydrogen-bond donors (Lipinski definition) is 1. The first-order valence-electron chi connectivity index (χ1n) is 5.69. The lowest BCUT2D eigenvalue weighted by atomic mass is 10.1. The van der Waals surface area contributed by atoms with Crippen LogP contribution in [0, 0.1) is 5.82 Å². The van der Waals surface area contributed by atoms with E-state index >= 15 is 0 Å². The Labute approximate surface area is 100 Å². The predicted molar refractivity (Wildman–Crippen MR) is 66.0 cm³/mol. The maximum Gasteiger partial charge on any atom is 0.140 e. The molecule has 3 nitrogen and oxygen atoms in total. The lowest BCUT2D eigenvalue weighted by Gasteiger charge is -2.10. The largest absolute Gasteiger partial charge is 0.334 e. The summed E-state index contributed by atoms with van der Waals surface area (Å²) in [5.41, 5.74) is 1.90. The zero-order valence-corrected chi connectivity index (χ0v) is 10.1. The Bertz CT molecular complexity index is 505. The highest BCUT2D eigenvalue weighted by Gasteiger charge is 2.10. The van der Waals surface area contributed by atoms with Crippen molar-refractivity contribution in [1.29, 1.82) is 0 Å². The van der Waals surface area contributed by atoms with Gasteiger partial charge in [0.05, 0.1) is 0 Å². The summed E-state index contributed by atoms with van der Waals surface area (Å²) in [7, 11) is 1.91. The van der Waals surface area contributed by atoms with Gasteiger partial charge < -0.3 is 9.88 Å². The molecular formula is C13H16FN3. The Kier molecular flexibility index (Phi) is 3.54. The first kappa shape index (κ1) is 11.8. The van der Waals surface area contributed by atoms with Gasteiger partial charge in [0.2, 0.25) is 0 Å². The van der Waals surface area contributed by atoms with Crippen molar-refractivity contribution in [2.75, 3.05) is 6.54 Å². The van der Waals surface area contributed by atoms with E-state index in [1.54, 1.807) is 6.20 Å². The average molecular weight is 233 g/mol. The molecule has 1 aromatic heterocycles. The first-order chi connectivity index (χ1) is 8.22. The van der Waals surface area contributed by atoms with Gasteiger partial charge in [-0.3, -0.25) is 0 Å². The zero-order chi connectivity index (χ0) is 12.3. The summed E-state index contributed by atoms with van der Waals surface area (Å²) in [5, 5.41) is 3.25. The quantitative estimate of drug-likeness (QED) is 0.878. The summed E-state index contributed by atoms with van der Waals surface area (Å²) in [4.78, 5) is 4.26. The summed E-state index contributed by atoms with van der Waals surface area (Å²) < 4.78 is 15.2. The van der Waals surface area contributed by atoms with Crippen LogP contribution in [0.15, 0.2) is 30.6 Å². The number of halogens is 1. The number of aromatic nitrogens is 2. The fraction of sp³-hybridized carbons (Fsp3) is 0.308. The summed E-state index contributed by atoms with van der Waals surface area (Å²) in [6.45, 7) is 3.65. The molecule has 0 amide bonds. The smallest absolute Gasteiger partial charge is 0.140 e. The molecule has 0 aliphatic heterocycles. The highest BCUT2D eigenvalue weighted by Crippen LogP contribution is 2.22. The number of hydrogen-bond acceptors (Lipinski definition) is 2. The van der Waals surface area contributed by atoms with Crippen molar-refractivity contribution in [3.05, 3.63) is 42.0 Å². The van der Waals surface area contributed by atoms with Crippen LogP contribution in [0.1, 0.15) is 12.5 Å². The normalized spacial score (nSPS) is 10.8. The maximum atomic E-state index is 13.3. The first-order valence-corrected chi connectivity index (χ1v) is 5.69. The molecule has 0 atom stereocenters. The predicted octanol–water partition coefficient (Wildman–Crippen LogP) is 2.34. The molecular weight excluding hydrogens is 217 g/mol. The Morgan fingerprint density at radius 2 is 2.24 bits per heavy atom. The second-order valence-electron chi connectivity index (χ2n) is 3.94. The van der Waals surface area contributed by atoms with Crippen LogP contribution >= 0.6 is 0 Å². The minimum Gasteiger partial charge on any atom is -0.334 e. The molecule has 0 aliphatic rings. The summed E-state index contributed by atoms with van der Waals surface area (Å²) in [5.74, 6) is 0.556. The van der Waals surface area contributed by atoms with E-state index in [2.05, 4.69) is 10.3 Å². The van der Waals surface area contributed by atoms with Crippen molar-refractivity contribution >= 4 is 0 Å². The van der Waals surface area contributed by atoms with Gasteiger partial charge in [0, 0.05) is 31.5 Å². The monoisotopic (exact) mass is 233 g/mol. The molecule has 90 valence electrons. The van der Waals surface area contributed by atoms with E-state index in [0.717, 1.165) is 30.0 Å². The molecule has 0 unspecified atom stereocenters. The number of benzene rings is 1. The minimum absolute atomic E-state index is 0.233. The molecule has 0 bridgehead atoms. The van der Waals surface area contributed by atoms with Crippen LogP contribution in [-0.4, -0.2) is 16.1 Å². The molecule has 4 heteroatoms. The van der Waals surface area contributed by atoms with E-state index in [4.69, 9.17) is 0 Å². The third-order valence-corrected chi connectivity index (χ3v) is 2.70. The third kappa shape index (κ3) is 2.53. The molecule has 0 saturated heterocycles. The second kappa shape index (κ2) is 5.10. The van der Waals surface area contributed by atoms with Crippen LogP contribution in [0.3, 0.4) is 0 Å². The van der Waals surface area contributed by atoms with Crippen molar-refractivity contribution in [2.45, 2.75) is 13.5 Å². The number of imidazole rings is 1. The molecule has 2 rings (SSSR count). The zero-order valence-electron chi connectivity index (χ0n) is 10.1. The van der Waals surface area contributed by atoms with Gasteiger partial charge in [-0.1, -0.05) is 13.0 Å². The van der Waals surface area contributed by atoms with Crippen LogP contribution in [0.25, 0.3) is 11.4 Å². The van der Waals surface area contributed by atoms with Gasteiger partial charge in [-0.05, 0) is 24.2 Å². The van der Waals surface area contributed by atoms with Crippen molar-refractivity contribution in [3.8, 4) is 11.4 Å². The molecule has 1 aromatic carbocycles. The van der Waals surface area contributed by atoms with Crippen molar-refractivity contribution in [2.24, 2.45) is 7.05 Å². The second-order valence-corrected chi connectivity index (χ2v) is 3.94. The SMILES string of the molecule is CCNCc1ccc(F)cc1-c1nccn1C. The Morgan fingerprint density at radius 1 is 1.41 bits per heavy atom. The van der Waals surface area contributed by atoms with E-state index in [-0.39, 0.29) is 5.82 Å². The summed E-state index contributed by atoms with van der Waals surface area (Å²) in [6, 6.07) is 4.83. The van der Waals surface area contributed by atoms with Crippen molar-refractivity contribution in [1.82, 2.24) is 14.9 Å². The van der Waals surface area contributed by atoms with E-state index in [9.17, 15) is 4.39 Å². The van der Waals surface area contributed by atoms with Gasteiger partial charge in [0.15, 0.2) is 0 Å². The molecule has 0 aliphatic carbocycles. The standard InChI is InChI=1S/C13H16FN3/c1-3-15-9-10-4-5-11(14)8-12(10)13-16-6-7-17(13)2/h4-8,15H,3,9H2,1-2H3. The van der Waals surface area contributed by atoms with E-state index in [1.807, 2.05) is 30.8 Å². The number of nitrogens with one attached hydrogen (secondary N) is 1. The van der Waals surface area contributed by atoms with Crippen molar-refractivity contribution < 1.29 is 4.39 Å². The van der Waals surface area contributed by atoms with Crippen LogP contribution < -0.4 is 5.32 Å². The third-order valence-electron chi connectivity index (χ3n) is 2.70. The molecule has 0 radical (unpaired) electrons. The van der Waals surface area contributed by atoms with Gasteiger partial charge in [0.1, 0.15) is 11.6 Å². The Balaban J connectivity index is 2.43. The topological polar surface area (TPSA) is 29.9 Å². The molecule has 0 saturated carbocycles. The van der Waals surface area contributed by atoms with E-state index in [1.165, 1.54) is 12.1 Å². The molecule has 0 spiro atoms. The van der Waals surface area contributed by atoms with Crippen LogP contribution in [0.5, 0.6) is 0 Å². The van der Waals surface area contributed by atoms with Gasteiger partial charge in [-0.2, -0.15) is 0 Å². The van der Waals surface area contributed by atoms with Gasteiger partial charge in [-0.15, -0.1) is 0 Å². The Morgan fingerprint density at radius 3 is 2.88 bits per heavy atom. The molecule has 0 fully saturated rings. The molecule has 1 heterocycles. The Hall–Kier alpha value is -1.68. The van der Waals surface area contributed by atoms with E-state index in [0.29, 0.717) is 0 Å². The van der Waals surface area contributed by atoms with Gasteiger partial charge in [-0.25, -0.2) is 9.37 Å². The van der Waals surface area contributed by atoms with Crippen LogP contribution in [0.2, 0.25) is 0 Å². The minimum atomic E-state index is -0.233. The lowest BCUT2D eigenvalue weighted by Crippen LogP contribution is -2.13. The van der Waals surface area contributed by atoms with Gasteiger partial charge >= 0.3 is 0 Å². The summed E-state index contributed by atoms with van der Waals surface area (Å²) in [6.07, 6.45) is 3.58. The lowest BCUT2D eigenvalue weighted by molar-refractivity contribution is 0.626. The molecule has 17 heavy (non-hydrogen) atoms. The fourth-order valence-corrected chi connectivity index (χ4v) is 1.80. The number of aryl methyl sites for hydroxylation is 1. The van der Waals surface area contributed by atoms with Crippen molar-refractivity contribution in [3.63, 3.8) is 0 Å². The highest BCUT2D eigenvalue weighted by atomic mass is 19.1. The number of rotatable bonds is 4.